The van der Waals surface area contributed by atoms with Crippen LogP contribution in [0, 0.1) is 17.8 Å². The molecule has 2 aliphatic rings. The highest BCUT2D eigenvalue weighted by molar-refractivity contribution is 7.89. The third-order valence-corrected chi connectivity index (χ3v) is 13.3. The first kappa shape index (κ1) is 46.2. The lowest BCUT2D eigenvalue weighted by atomic mass is 9.79. The zero-order valence-electron chi connectivity index (χ0n) is 32.8. The smallest absolute Gasteiger partial charge is 0.309 e. The monoisotopic (exact) mass is 811 g/mol. The van der Waals surface area contributed by atoms with Crippen LogP contribution in [0.25, 0.3) is 0 Å². The van der Waals surface area contributed by atoms with Gasteiger partial charge in [0.2, 0.25) is 10.0 Å². The molecular formula is C37H63Cl2N3O10S. The quantitative estimate of drug-likeness (QED) is 0.229. The largest absolute Gasteiger partial charge is 0.459 e. The number of carbonyl (C=O) groups excluding carboxylic acids is 1. The van der Waals surface area contributed by atoms with Crippen LogP contribution >= 0.6 is 23.2 Å². The Morgan fingerprint density at radius 3 is 2.32 bits per heavy atom. The molecule has 3 rings (SSSR count). The third-order valence-electron chi connectivity index (χ3n) is 11.1. The Kier molecular flexibility index (Phi) is 16.5. The van der Waals surface area contributed by atoms with Crippen molar-refractivity contribution < 1.29 is 47.8 Å². The van der Waals surface area contributed by atoms with Gasteiger partial charge in [-0.1, -0.05) is 50.9 Å². The lowest BCUT2D eigenvalue weighted by Gasteiger charge is -2.46. The minimum atomic E-state index is -3.88. The van der Waals surface area contributed by atoms with E-state index in [0.717, 1.165) is 0 Å². The summed E-state index contributed by atoms with van der Waals surface area (Å²) >= 11 is 12.0. The molecule has 0 aliphatic carbocycles. The summed E-state index contributed by atoms with van der Waals surface area (Å²) in [5.74, 6) is -1.72. The van der Waals surface area contributed by atoms with Crippen LogP contribution in [-0.4, -0.2) is 138 Å². The molecule has 16 heteroatoms. The number of cyclic esters (lactones) is 1. The SMILES string of the molecule is CC[C@H]1OC(=O)[C@H](C)C[C@H](C)[C@@H](O[C@@H]2O[C@H](C)C[C@H](N(C)CCNS(=O)(=O)c3ccc(Cl)c(Cl)c3)[C@H]2O)[C@](C)(O)C[C@@H](C)CN(C)[C@H](C)[C@@H](O)[C@]1(C)O. The van der Waals surface area contributed by atoms with E-state index < -0.39 is 81.8 Å². The molecule has 5 N–H and O–H groups in total. The molecule has 0 amide bonds. The summed E-state index contributed by atoms with van der Waals surface area (Å²) in [6.07, 6.45) is -4.46. The number of aliphatic hydroxyl groups excluding tert-OH is 2. The average Bonchev–Trinajstić information content (AvgIpc) is 3.06. The maximum absolute atomic E-state index is 13.4. The van der Waals surface area contributed by atoms with Crippen LogP contribution in [0.3, 0.4) is 0 Å². The first-order chi connectivity index (χ1) is 24.4. The van der Waals surface area contributed by atoms with Gasteiger partial charge in [0.25, 0.3) is 0 Å². The molecule has 53 heavy (non-hydrogen) atoms. The number of hydrogen-bond acceptors (Lipinski definition) is 12. The Labute approximate surface area is 326 Å². The number of halogens is 2. The fourth-order valence-corrected chi connectivity index (χ4v) is 9.39. The van der Waals surface area contributed by atoms with Crippen molar-refractivity contribution in [2.75, 3.05) is 33.7 Å². The van der Waals surface area contributed by atoms with Crippen molar-refractivity contribution in [3.05, 3.63) is 28.2 Å². The fraction of sp³-hybridized carbons (Fsp3) is 0.811. The number of hydrogen-bond donors (Lipinski definition) is 5. The molecule has 2 saturated heterocycles. The number of nitrogens with zero attached hydrogens (tertiary/aromatic N) is 2. The van der Waals surface area contributed by atoms with Gasteiger partial charge in [0.05, 0.1) is 38.7 Å². The van der Waals surface area contributed by atoms with Crippen LogP contribution in [-0.2, 0) is 29.0 Å². The maximum Gasteiger partial charge on any atom is 0.309 e. The second kappa shape index (κ2) is 18.9. The predicted molar refractivity (Wildman–Crippen MR) is 204 cm³/mol. The molecule has 2 heterocycles. The van der Waals surface area contributed by atoms with E-state index in [4.69, 9.17) is 37.4 Å². The van der Waals surface area contributed by atoms with Gasteiger partial charge < -0.3 is 39.5 Å². The molecule has 0 bridgehead atoms. The van der Waals surface area contributed by atoms with Crippen molar-refractivity contribution >= 4 is 39.2 Å². The third kappa shape index (κ3) is 11.7. The van der Waals surface area contributed by atoms with Crippen LogP contribution in [0.5, 0.6) is 0 Å². The summed E-state index contributed by atoms with van der Waals surface area (Å²) in [4.78, 5) is 17.2. The van der Waals surface area contributed by atoms with Crippen molar-refractivity contribution in [1.82, 2.24) is 14.5 Å². The van der Waals surface area contributed by atoms with Crippen LogP contribution in [0.2, 0.25) is 10.0 Å². The van der Waals surface area contributed by atoms with E-state index in [9.17, 15) is 33.6 Å². The van der Waals surface area contributed by atoms with Crippen molar-refractivity contribution in [1.29, 1.82) is 0 Å². The number of rotatable bonds is 9. The highest BCUT2D eigenvalue weighted by atomic mass is 35.5. The normalized spacial score (nSPS) is 39.0. The Hall–Kier alpha value is -1.14. The average molecular weight is 813 g/mol. The molecule has 2 aliphatic heterocycles. The van der Waals surface area contributed by atoms with Crippen LogP contribution in [0.1, 0.15) is 81.1 Å². The van der Waals surface area contributed by atoms with Crippen molar-refractivity contribution in [3.63, 3.8) is 0 Å². The summed E-state index contributed by atoms with van der Waals surface area (Å²) in [5.41, 5.74) is -3.16. The molecule has 0 spiro atoms. The van der Waals surface area contributed by atoms with Crippen molar-refractivity contribution in [3.8, 4) is 0 Å². The maximum atomic E-state index is 13.4. The minimum Gasteiger partial charge on any atom is -0.459 e. The zero-order chi connectivity index (χ0) is 40.2. The lowest BCUT2D eigenvalue weighted by Crippen LogP contribution is -2.59. The molecular weight excluding hydrogens is 749 g/mol. The highest BCUT2D eigenvalue weighted by Gasteiger charge is 2.48. The molecule has 1 aromatic rings. The summed E-state index contributed by atoms with van der Waals surface area (Å²) in [5, 5.41) is 46.9. The first-order valence-corrected chi connectivity index (χ1v) is 20.8. The highest BCUT2D eigenvalue weighted by Crippen LogP contribution is 2.36. The number of esters is 1. The Morgan fingerprint density at radius 2 is 1.72 bits per heavy atom. The van der Waals surface area contributed by atoms with E-state index in [1.807, 2.05) is 37.6 Å². The molecule has 0 radical (unpaired) electrons. The summed E-state index contributed by atoms with van der Waals surface area (Å²) in [7, 11) is -0.259. The van der Waals surface area contributed by atoms with Gasteiger partial charge in [-0.25, -0.2) is 13.1 Å². The number of benzene rings is 1. The van der Waals surface area contributed by atoms with Crippen LogP contribution in [0.15, 0.2) is 23.1 Å². The van der Waals surface area contributed by atoms with Gasteiger partial charge in [-0.3, -0.25) is 9.69 Å². The van der Waals surface area contributed by atoms with Crippen molar-refractivity contribution in [2.45, 2.75) is 146 Å². The number of carbonyl (C=O) groups is 1. The van der Waals surface area contributed by atoms with E-state index in [2.05, 4.69) is 4.72 Å². The van der Waals surface area contributed by atoms with Crippen LogP contribution < -0.4 is 4.72 Å². The standard InChI is InChI=1S/C37H63Cl2N3O10S/c1-11-30-37(8,47)32(44)25(6)42(10)20-21(2)19-36(7,46)33(22(3)16-23(4)34(45)51-30)52-35-31(43)29(17-24(5)50-35)41(9)15-14-40-53(48,49)26-12-13-27(38)28(39)18-26/h12-13,18,21-25,29-33,35,40,43-44,46-47H,11,14-17,19-20H2,1-10H3/t21-,22+,23-,24-,25-,29+,30-,31-,32-,33-,35+,36-,37-/m1/s1. The van der Waals surface area contributed by atoms with Gasteiger partial charge in [-0.05, 0) is 97.5 Å². The van der Waals surface area contributed by atoms with E-state index in [1.54, 1.807) is 34.7 Å². The van der Waals surface area contributed by atoms with Gasteiger partial charge in [0, 0.05) is 31.7 Å². The summed E-state index contributed by atoms with van der Waals surface area (Å²) in [6.45, 7) is 15.0. The summed E-state index contributed by atoms with van der Waals surface area (Å²) in [6, 6.07) is 3.08. The molecule has 13 atom stereocenters. The molecule has 13 nitrogen and oxygen atoms in total. The van der Waals surface area contributed by atoms with Crippen molar-refractivity contribution in [2.24, 2.45) is 17.8 Å². The second-order valence-corrected chi connectivity index (χ2v) is 18.7. The number of sulfonamides is 1. The topological polar surface area (TPSA) is 178 Å². The number of nitrogens with one attached hydrogen (secondary N) is 1. The lowest BCUT2D eigenvalue weighted by molar-refractivity contribution is -0.296. The minimum absolute atomic E-state index is 0.0182. The summed E-state index contributed by atoms with van der Waals surface area (Å²) < 4.78 is 46.9. The van der Waals surface area contributed by atoms with E-state index in [0.29, 0.717) is 19.4 Å². The van der Waals surface area contributed by atoms with Gasteiger partial charge >= 0.3 is 5.97 Å². The zero-order valence-corrected chi connectivity index (χ0v) is 35.2. The Bertz CT molecular complexity index is 1470. The van der Waals surface area contributed by atoms with E-state index >= 15 is 0 Å². The molecule has 0 aromatic heterocycles. The first-order valence-electron chi connectivity index (χ1n) is 18.6. The van der Waals surface area contributed by atoms with E-state index in [1.165, 1.54) is 25.1 Å². The fourth-order valence-electron chi connectivity index (χ4n) is 7.98. The van der Waals surface area contributed by atoms with Gasteiger partial charge in [-0.2, -0.15) is 0 Å². The Morgan fingerprint density at radius 1 is 1.08 bits per heavy atom. The van der Waals surface area contributed by atoms with Gasteiger partial charge in [-0.15, -0.1) is 0 Å². The molecule has 0 unspecified atom stereocenters. The molecule has 306 valence electrons. The number of ether oxygens (including phenoxy) is 3. The predicted octanol–water partition coefficient (Wildman–Crippen LogP) is 3.66. The molecule has 2 fully saturated rings. The van der Waals surface area contributed by atoms with Gasteiger partial charge in [0.15, 0.2) is 6.29 Å². The second-order valence-electron chi connectivity index (χ2n) is 16.1. The van der Waals surface area contributed by atoms with Gasteiger partial charge in [0.1, 0.15) is 23.9 Å². The molecule has 0 saturated carbocycles. The van der Waals surface area contributed by atoms with E-state index in [-0.39, 0.29) is 52.9 Å². The number of likely N-dealkylation sites (N-methyl/N-ethyl adjacent to an activating group) is 2. The van der Waals surface area contributed by atoms with Crippen LogP contribution in [0.4, 0.5) is 0 Å². The molecule has 1 aromatic carbocycles. The number of aliphatic hydroxyl groups is 4. The Balaban J connectivity index is 1.83.